The number of hydrogen-bond donors (Lipinski definition) is 0. The van der Waals surface area contributed by atoms with Gasteiger partial charge in [-0.1, -0.05) is 64.7 Å². The van der Waals surface area contributed by atoms with E-state index in [9.17, 15) is 0 Å². The zero-order valence-corrected chi connectivity index (χ0v) is 14.2. The van der Waals surface area contributed by atoms with Crippen LogP contribution in [-0.4, -0.2) is 27.1 Å². The Hall–Kier alpha value is 0.230. The van der Waals surface area contributed by atoms with Crippen LogP contribution < -0.4 is 0 Å². The molecule has 0 fully saturated rings. The normalized spacial score (nSPS) is 12.8. The van der Waals surface area contributed by atoms with E-state index >= 15 is 0 Å². The van der Waals surface area contributed by atoms with Crippen LogP contribution in [0.2, 0.25) is 0 Å². The van der Waals surface area contributed by atoms with Gasteiger partial charge >= 0.3 is 0 Å². The largest absolute Gasteiger partial charge is 0.296 e. The van der Waals surface area contributed by atoms with E-state index in [2.05, 4.69) is 6.92 Å². The van der Waals surface area contributed by atoms with E-state index in [1.807, 2.05) is 0 Å². The van der Waals surface area contributed by atoms with Gasteiger partial charge in [0.1, 0.15) is 0 Å². The highest BCUT2D eigenvalue weighted by molar-refractivity contribution is 8.21. The molecule has 0 aromatic rings. The summed E-state index contributed by atoms with van der Waals surface area (Å²) in [6.45, 7) is 2.27. The van der Waals surface area contributed by atoms with Gasteiger partial charge in [0.25, 0.3) is 0 Å². The van der Waals surface area contributed by atoms with Crippen LogP contribution >= 0.6 is 10.9 Å². The Kier molecular flexibility index (Phi) is 13.4. The van der Waals surface area contributed by atoms with Crippen LogP contribution in [0.3, 0.4) is 0 Å². The van der Waals surface area contributed by atoms with Gasteiger partial charge < -0.3 is 0 Å². The van der Waals surface area contributed by atoms with Gasteiger partial charge in [-0.25, -0.2) is 0 Å². The molecule has 3 nitrogen and oxygen atoms in total. The standard InChI is InChI=1S/C15H34O3S/c1-5-6-7-8-9-10-11-12-13-14-15-19(16-2,17-3)18-4/h5-15H2,1-4H3. The number of hydrogen-bond acceptors (Lipinski definition) is 3. The molecule has 0 amide bonds. The first-order chi connectivity index (χ1) is 9.24. The molecule has 0 aliphatic carbocycles. The van der Waals surface area contributed by atoms with Crippen LogP contribution in [0.15, 0.2) is 0 Å². The monoisotopic (exact) mass is 294 g/mol. The number of unbranched alkanes of at least 4 members (excludes halogenated alkanes) is 9. The molecule has 0 N–H and O–H groups in total. The van der Waals surface area contributed by atoms with Crippen molar-refractivity contribution in [1.29, 1.82) is 0 Å². The molecule has 19 heavy (non-hydrogen) atoms. The molecule has 0 aliphatic rings. The van der Waals surface area contributed by atoms with Crippen molar-refractivity contribution in [3.05, 3.63) is 0 Å². The van der Waals surface area contributed by atoms with Crippen LogP contribution in [0.4, 0.5) is 0 Å². The van der Waals surface area contributed by atoms with Gasteiger partial charge in [-0.2, -0.15) is 0 Å². The Morgan fingerprint density at radius 2 is 0.947 bits per heavy atom. The summed E-state index contributed by atoms with van der Waals surface area (Å²) in [6.07, 6.45) is 13.4. The highest BCUT2D eigenvalue weighted by atomic mass is 32.3. The molecule has 0 atom stereocenters. The molecule has 0 bridgehead atoms. The molecule has 0 aromatic carbocycles. The molecule has 0 radical (unpaired) electrons. The van der Waals surface area contributed by atoms with Crippen molar-refractivity contribution in [1.82, 2.24) is 0 Å². The van der Waals surface area contributed by atoms with E-state index in [0.29, 0.717) is 0 Å². The third kappa shape index (κ3) is 9.72. The van der Waals surface area contributed by atoms with Crippen molar-refractivity contribution in [2.24, 2.45) is 0 Å². The van der Waals surface area contributed by atoms with E-state index in [1.54, 1.807) is 21.3 Å². The molecule has 118 valence electrons. The summed E-state index contributed by atoms with van der Waals surface area (Å²) in [5, 5.41) is 0. The molecule has 4 heteroatoms. The summed E-state index contributed by atoms with van der Waals surface area (Å²) in [5.74, 6) is 0.882. The first-order valence-electron chi connectivity index (χ1n) is 7.72. The Morgan fingerprint density at radius 1 is 0.579 bits per heavy atom. The van der Waals surface area contributed by atoms with Gasteiger partial charge in [-0.05, 0) is 6.42 Å². The zero-order chi connectivity index (χ0) is 14.4. The zero-order valence-electron chi connectivity index (χ0n) is 13.4. The molecule has 0 aliphatic heterocycles. The fourth-order valence-corrected chi connectivity index (χ4v) is 3.69. The van der Waals surface area contributed by atoms with E-state index in [-0.39, 0.29) is 0 Å². The lowest BCUT2D eigenvalue weighted by Gasteiger charge is -2.33. The van der Waals surface area contributed by atoms with Gasteiger partial charge in [0.2, 0.25) is 0 Å². The predicted octanol–water partition coefficient (Wildman–Crippen LogP) is 5.40. The first-order valence-corrected chi connectivity index (χ1v) is 9.30. The van der Waals surface area contributed by atoms with E-state index in [1.165, 1.54) is 57.8 Å². The van der Waals surface area contributed by atoms with Crippen molar-refractivity contribution in [3.63, 3.8) is 0 Å². The van der Waals surface area contributed by atoms with Crippen LogP contribution in [0.5, 0.6) is 0 Å². The van der Waals surface area contributed by atoms with Gasteiger partial charge in [-0.15, -0.1) is 0 Å². The Morgan fingerprint density at radius 3 is 1.32 bits per heavy atom. The minimum absolute atomic E-state index is 0.882. The average molecular weight is 295 g/mol. The van der Waals surface area contributed by atoms with Gasteiger partial charge in [-0.3, -0.25) is 12.5 Å². The summed E-state index contributed by atoms with van der Waals surface area (Å²) in [5.41, 5.74) is 0. The summed E-state index contributed by atoms with van der Waals surface area (Å²) in [7, 11) is 3.28. The predicted molar refractivity (Wildman–Crippen MR) is 85.3 cm³/mol. The SMILES string of the molecule is CCCCCCCCCCCCS(OC)(OC)OC. The third-order valence-electron chi connectivity index (χ3n) is 3.51. The fourth-order valence-electron chi connectivity index (χ4n) is 2.22. The summed E-state index contributed by atoms with van der Waals surface area (Å²) in [4.78, 5) is 0. The highest BCUT2D eigenvalue weighted by Gasteiger charge is 2.21. The third-order valence-corrected chi connectivity index (χ3v) is 5.82. The molecule has 0 heterocycles. The maximum absolute atomic E-state index is 5.36. The Bertz CT molecular complexity index is 176. The van der Waals surface area contributed by atoms with Crippen molar-refractivity contribution in [2.45, 2.75) is 71.1 Å². The lowest BCUT2D eigenvalue weighted by molar-refractivity contribution is 0.247. The molecule has 0 saturated heterocycles. The maximum Gasteiger partial charge on any atom is 0.0879 e. The van der Waals surface area contributed by atoms with Crippen molar-refractivity contribution in [2.75, 3.05) is 27.1 Å². The Balaban J connectivity index is 3.35. The highest BCUT2D eigenvalue weighted by Crippen LogP contribution is 2.49. The van der Waals surface area contributed by atoms with Gasteiger partial charge in [0.15, 0.2) is 0 Å². The summed E-state index contributed by atoms with van der Waals surface area (Å²) >= 11 is 0. The minimum atomic E-state index is -1.72. The fraction of sp³-hybridized carbons (Fsp3) is 1.00. The molecule has 0 aromatic heterocycles. The second-order valence-electron chi connectivity index (χ2n) is 4.94. The van der Waals surface area contributed by atoms with E-state index < -0.39 is 10.9 Å². The topological polar surface area (TPSA) is 27.7 Å². The second-order valence-corrected chi connectivity index (χ2v) is 7.47. The molecular formula is C15H34O3S. The Labute approximate surface area is 122 Å². The maximum atomic E-state index is 5.36. The summed E-state index contributed by atoms with van der Waals surface area (Å²) in [6, 6.07) is 0. The second kappa shape index (κ2) is 13.2. The minimum Gasteiger partial charge on any atom is -0.296 e. The average Bonchev–Trinajstić information content (AvgIpc) is 2.46. The van der Waals surface area contributed by atoms with Gasteiger partial charge in [0, 0.05) is 5.75 Å². The van der Waals surface area contributed by atoms with Crippen molar-refractivity contribution >= 4 is 10.9 Å². The van der Waals surface area contributed by atoms with Crippen LogP contribution in [-0.2, 0) is 12.5 Å². The van der Waals surface area contributed by atoms with E-state index in [4.69, 9.17) is 12.5 Å². The molecule has 0 rings (SSSR count). The van der Waals surface area contributed by atoms with Crippen molar-refractivity contribution < 1.29 is 12.5 Å². The smallest absolute Gasteiger partial charge is 0.0879 e. The molecule has 0 spiro atoms. The van der Waals surface area contributed by atoms with E-state index in [0.717, 1.165) is 12.2 Å². The molecule has 0 saturated carbocycles. The lowest BCUT2D eigenvalue weighted by atomic mass is 10.1. The molecule has 0 unspecified atom stereocenters. The number of rotatable bonds is 14. The van der Waals surface area contributed by atoms with Crippen LogP contribution in [0, 0.1) is 0 Å². The van der Waals surface area contributed by atoms with Gasteiger partial charge in [0.05, 0.1) is 32.2 Å². The molecular weight excluding hydrogens is 260 g/mol. The van der Waals surface area contributed by atoms with Crippen LogP contribution in [0.1, 0.15) is 71.1 Å². The summed E-state index contributed by atoms with van der Waals surface area (Å²) < 4.78 is 16.1. The van der Waals surface area contributed by atoms with Crippen molar-refractivity contribution in [3.8, 4) is 0 Å². The van der Waals surface area contributed by atoms with Crippen LogP contribution in [0.25, 0.3) is 0 Å². The lowest BCUT2D eigenvalue weighted by Crippen LogP contribution is -2.11. The quantitative estimate of drug-likeness (QED) is 0.402. The first kappa shape index (κ1) is 19.2.